The summed E-state index contributed by atoms with van der Waals surface area (Å²) in [7, 11) is 0. The lowest BCUT2D eigenvalue weighted by Gasteiger charge is -2.35. The van der Waals surface area contributed by atoms with Crippen molar-refractivity contribution in [3.05, 3.63) is 70.8 Å². The van der Waals surface area contributed by atoms with Gasteiger partial charge < -0.3 is 10.1 Å². The Labute approximate surface area is 149 Å². The number of ether oxygens (including phenoxy) is 1. The molecular formula is C21H26N2O2. The lowest BCUT2D eigenvalue weighted by atomic mass is 10.0. The van der Waals surface area contributed by atoms with Gasteiger partial charge in [-0.25, -0.2) is 0 Å². The molecule has 0 bridgehead atoms. The largest absolute Gasteiger partial charge is 0.379 e. The predicted octanol–water partition coefficient (Wildman–Crippen LogP) is 3.11. The number of hydrogen-bond donors (Lipinski definition) is 1. The number of amides is 1. The Balaban J connectivity index is 1.72. The van der Waals surface area contributed by atoms with Gasteiger partial charge in [0.25, 0.3) is 5.91 Å². The van der Waals surface area contributed by atoms with Gasteiger partial charge in [-0.1, -0.05) is 47.5 Å². The highest BCUT2D eigenvalue weighted by Gasteiger charge is 2.23. The molecule has 0 unspecified atom stereocenters. The molecule has 1 fully saturated rings. The molecule has 1 saturated heterocycles. The molecular weight excluding hydrogens is 312 g/mol. The molecule has 1 N–H and O–H groups in total. The summed E-state index contributed by atoms with van der Waals surface area (Å²) in [6.07, 6.45) is 0. The Morgan fingerprint density at radius 2 is 1.72 bits per heavy atom. The molecule has 25 heavy (non-hydrogen) atoms. The van der Waals surface area contributed by atoms with Crippen LogP contribution in [0, 0.1) is 13.8 Å². The van der Waals surface area contributed by atoms with E-state index < -0.39 is 0 Å². The van der Waals surface area contributed by atoms with Crippen LogP contribution in [0.2, 0.25) is 0 Å². The number of carbonyl (C=O) groups excluding carboxylic acids is 1. The van der Waals surface area contributed by atoms with Crippen LogP contribution in [-0.4, -0.2) is 43.7 Å². The maximum atomic E-state index is 12.6. The molecule has 1 aliphatic rings. The third-order valence-electron chi connectivity index (χ3n) is 4.61. The molecule has 1 atom stereocenters. The molecule has 4 heteroatoms. The maximum absolute atomic E-state index is 12.6. The Hall–Kier alpha value is -2.17. The van der Waals surface area contributed by atoms with Gasteiger partial charge in [0.1, 0.15) is 0 Å². The molecule has 0 aliphatic carbocycles. The normalized spacial score (nSPS) is 16.4. The molecule has 0 saturated carbocycles. The van der Waals surface area contributed by atoms with Gasteiger partial charge in [0.2, 0.25) is 0 Å². The van der Waals surface area contributed by atoms with Crippen LogP contribution in [-0.2, 0) is 4.74 Å². The van der Waals surface area contributed by atoms with Crippen molar-refractivity contribution in [2.75, 3.05) is 32.8 Å². The SMILES string of the molecule is Cc1cc(C)cc(C(=O)NC[C@@H](c2ccccc2)N2CCOCC2)c1. The smallest absolute Gasteiger partial charge is 0.251 e. The lowest BCUT2D eigenvalue weighted by Crippen LogP contribution is -2.43. The third-order valence-corrected chi connectivity index (χ3v) is 4.61. The topological polar surface area (TPSA) is 41.6 Å². The molecule has 2 aromatic carbocycles. The van der Waals surface area contributed by atoms with Crippen LogP contribution in [0.25, 0.3) is 0 Å². The first-order valence-electron chi connectivity index (χ1n) is 8.87. The summed E-state index contributed by atoms with van der Waals surface area (Å²) < 4.78 is 5.48. The van der Waals surface area contributed by atoms with Crippen molar-refractivity contribution in [2.45, 2.75) is 19.9 Å². The average Bonchev–Trinajstić information content (AvgIpc) is 2.63. The Kier molecular flexibility index (Phi) is 5.84. The molecule has 0 aromatic heterocycles. The first-order valence-corrected chi connectivity index (χ1v) is 8.87. The van der Waals surface area contributed by atoms with Crippen molar-refractivity contribution in [2.24, 2.45) is 0 Å². The molecule has 2 aromatic rings. The fourth-order valence-corrected chi connectivity index (χ4v) is 3.42. The highest BCUT2D eigenvalue weighted by atomic mass is 16.5. The van der Waals surface area contributed by atoms with Gasteiger partial charge in [0.15, 0.2) is 0 Å². The minimum Gasteiger partial charge on any atom is -0.379 e. The summed E-state index contributed by atoms with van der Waals surface area (Å²) in [4.78, 5) is 15.0. The summed E-state index contributed by atoms with van der Waals surface area (Å²) in [5, 5.41) is 3.13. The zero-order chi connectivity index (χ0) is 17.6. The number of nitrogens with one attached hydrogen (secondary N) is 1. The van der Waals surface area contributed by atoms with Crippen LogP contribution in [0.4, 0.5) is 0 Å². The van der Waals surface area contributed by atoms with Crippen molar-refractivity contribution in [3.8, 4) is 0 Å². The summed E-state index contributed by atoms with van der Waals surface area (Å²) in [6.45, 7) is 7.89. The third kappa shape index (κ3) is 4.68. The van der Waals surface area contributed by atoms with Crippen molar-refractivity contribution in [1.29, 1.82) is 0 Å². The number of aryl methyl sites for hydroxylation is 2. The van der Waals surface area contributed by atoms with E-state index in [9.17, 15) is 4.79 Å². The molecule has 1 aliphatic heterocycles. The second kappa shape index (κ2) is 8.28. The fourth-order valence-electron chi connectivity index (χ4n) is 3.42. The molecule has 1 heterocycles. The van der Waals surface area contributed by atoms with E-state index in [2.05, 4.69) is 40.5 Å². The van der Waals surface area contributed by atoms with Gasteiger partial charge in [0, 0.05) is 25.2 Å². The Morgan fingerprint density at radius 1 is 1.08 bits per heavy atom. The molecule has 132 valence electrons. The maximum Gasteiger partial charge on any atom is 0.251 e. The molecule has 3 rings (SSSR count). The molecule has 1 amide bonds. The van der Waals surface area contributed by atoms with E-state index >= 15 is 0 Å². The van der Waals surface area contributed by atoms with Crippen LogP contribution < -0.4 is 5.32 Å². The van der Waals surface area contributed by atoms with Gasteiger partial charge in [-0.2, -0.15) is 0 Å². The van der Waals surface area contributed by atoms with Crippen molar-refractivity contribution in [1.82, 2.24) is 10.2 Å². The standard InChI is InChI=1S/C21H26N2O2/c1-16-12-17(2)14-19(13-16)21(24)22-15-20(18-6-4-3-5-7-18)23-8-10-25-11-9-23/h3-7,12-14,20H,8-11,15H2,1-2H3,(H,22,24)/t20-/m0/s1. The molecule has 4 nitrogen and oxygen atoms in total. The van der Waals surface area contributed by atoms with Crippen LogP contribution in [0.1, 0.15) is 33.1 Å². The Morgan fingerprint density at radius 3 is 2.36 bits per heavy atom. The molecule has 0 spiro atoms. The van der Waals surface area contributed by atoms with Gasteiger partial charge >= 0.3 is 0 Å². The second-order valence-electron chi connectivity index (χ2n) is 6.66. The van der Waals surface area contributed by atoms with E-state index in [1.54, 1.807) is 0 Å². The quantitative estimate of drug-likeness (QED) is 0.911. The van der Waals surface area contributed by atoms with E-state index in [0.29, 0.717) is 6.54 Å². The number of benzene rings is 2. The lowest BCUT2D eigenvalue weighted by molar-refractivity contribution is 0.0162. The summed E-state index contributed by atoms with van der Waals surface area (Å²) in [5.41, 5.74) is 4.17. The zero-order valence-corrected chi connectivity index (χ0v) is 15.0. The predicted molar refractivity (Wildman–Crippen MR) is 99.8 cm³/mol. The Bertz CT molecular complexity index is 689. The van der Waals surface area contributed by atoms with Crippen LogP contribution in [0.5, 0.6) is 0 Å². The van der Waals surface area contributed by atoms with Gasteiger partial charge in [-0.05, 0) is 31.5 Å². The molecule has 0 radical (unpaired) electrons. The fraction of sp³-hybridized carbons (Fsp3) is 0.381. The van der Waals surface area contributed by atoms with E-state index in [1.165, 1.54) is 5.56 Å². The van der Waals surface area contributed by atoms with Gasteiger partial charge in [-0.15, -0.1) is 0 Å². The van der Waals surface area contributed by atoms with E-state index in [0.717, 1.165) is 43.0 Å². The number of rotatable bonds is 5. The van der Waals surface area contributed by atoms with E-state index in [-0.39, 0.29) is 11.9 Å². The number of hydrogen-bond acceptors (Lipinski definition) is 3. The first kappa shape index (κ1) is 17.6. The number of nitrogens with zero attached hydrogens (tertiary/aromatic N) is 1. The van der Waals surface area contributed by atoms with Crippen molar-refractivity contribution in [3.63, 3.8) is 0 Å². The first-order chi connectivity index (χ1) is 12.1. The highest BCUT2D eigenvalue weighted by molar-refractivity contribution is 5.94. The minimum absolute atomic E-state index is 0.0130. The van der Waals surface area contributed by atoms with Crippen LogP contribution in [0.3, 0.4) is 0 Å². The van der Waals surface area contributed by atoms with E-state index in [1.807, 2.05) is 32.0 Å². The summed E-state index contributed by atoms with van der Waals surface area (Å²) in [5.74, 6) is -0.0130. The van der Waals surface area contributed by atoms with Gasteiger partial charge in [-0.3, -0.25) is 9.69 Å². The average molecular weight is 338 g/mol. The number of morpholine rings is 1. The second-order valence-corrected chi connectivity index (χ2v) is 6.66. The zero-order valence-electron chi connectivity index (χ0n) is 15.0. The highest BCUT2D eigenvalue weighted by Crippen LogP contribution is 2.21. The van der Waals surface area contributed by atoms with Gasteiger partial charge in [0.05, 0.1) is 19.3 Å². The van der Waals surface area contributed by atoms with E-state index in [4.69, 9.17) is 4.74 Å². The van der Waals surface area contributed by atoms with Crippen molar-refractivity contribution < 1.29 is 9.53 Å². The minimum atomic E-state index is -0.0130. The summed E-state index contributed by atoms with van der Waals surface area (Å²) >= 11 is 0. The summed E-state index contributed by atoms with van der Waals surface area (Å²) in [6, 6.07) is 16.5. The van der Waals surface area contributed by atoms with Crippen LogP contribution >= 0.6 is 0 Å². The monoisotopic (exact) mass is 338 g/mol. The van der Waals surface area contributed by atoms with Crippen LogP contribution in [0.15, 0.2) is 48.5 Å². The number of carbonyl (C=O) groups is 1. The van der Waals surface area contributed by atoms with Crippen molar-refractivity contribution >= 4 is 5.91 Å².